The lowest BCUT2D eigenvalue weighted by Gasteiger charge is -2.35. The molecule has 3 heterocycles. The predicted octanol–water partition coefficient (Wildman–Crippen LogP) is 2.77. The van der Waals surface area contributed by atoms with Gasteiger partial charge in [-0.25, -0.2) is 13.4 Å². The minimum atomic E-state index is -3.87. The van der Waals surface area contributed by atoms with Gasteiger partial charge >= 0.3 is 0 Å². The Morgan fingerprint density at radius 1 is 1.16 bits per heavy atom. The van der Waals surface area contributed by atoms with Crippen molar-refractivity contribution >= 4 is 33.5 Å². The van der Waals surface area contributed by atoms with Gasteiger partial charge in [0.2, 0.25) is 10.0 Å². The summed E-state index contributed by atoms with van der Waals surface area (Å²) in [6.07, 6.45) is 4.41. The van der Waals surface area contributed by atoms with Crippen molar-refractivity contribution in [3.05, 3.63) is 34.2 Å². The van der Waals surface area contributed by atoms with Gasteiger partial charge in [-0.1, -0.05) is 20.3 Å². The van der Waals surface area contributed by atoms with Gasteiger partial charge < -0.3 is 15.2 Å². The molecule has 1 aliphatic rings. The van der Waals surface area contributed by atoms with Crippen molar-refractivity contribution in [3.8, 4) is 17.1 Å². The third-order valence-corrected chi connectivity index (χ3v) is 8.15. The normalized spacial score (nSPS) is 14.3. The Balaban J connectivity index is 0.00000253. The van der Waals surface area contributed by atoms with Gasteiger partial charge in [-0.15, -0.1) is 12.4 Å². The van der Waals surface area contributed by atoms with Crippen LogP contribution in [0.1, 0.15) is 59.1 Å². The van der Waals surface area contributed by atoms with E-state index >= 15 is 0 Å². The molecule has 1 aliphatic heterocycles. The average molecular weight is 571 g/mol. The van der Waals surface area contributed by atoms with Crippen molar-refractivity contribution in [2.75, 3.05) is 19.7 Å². The zero-order valence-corrected chi connectivity index (χ0v) is 24.3. The number of ether oxygens (including phenoxy) is 1. The third kappa shape index (κ3) is 6.37. The van der Waals surface area contributed by atoms with Crippen molar-refractivity contribution in [2.45, 2.75) is 70.4 Å². The van der Waals surface area contributed by atoms with Gasteiger partial charge in [0.1, 0.15) is 17.1 Å². The third-order valence-electron chi connectivity index (χ3n) is 6.51. The number of benzene rings is 1. The molecule has 1 aromatic carbocycles. The van der Waals surface area contributed by atoms with Crippen LogP contribution in [0.4, 0.5) is 0 Å². The van der Waals surface area contributed by atoms with Crippen molar-refractivity contribution < 1.29 is 18.6 Å². The molecule has 0 atom stereocenters. The number of halogens is 1. The summed E-state index contributed by atoms with van der Waals surface area (Å²) in [5.41, 5.74) is 0.975. The van der Waals surface area contributed by atoms with E-state index in [9.17, 15) is 13.2 Å². The van der Waals surface area contributed by atoms with E-state index in [2.05, 4.69) is 19.7 Å². The van der Waals surface area contributed by atoms with Crippen LogP contribution in [0.5, 0.6) is 5.75 Å². The Morgan fingerprint density at radius 3 is 2.47 bits per heavy atom. The highest BCUT2D eigenvalue weighted by atomic mass is 35.5. The molecule has 212 valence electrons. The molecule has 0 bridgehead atoms. The second-order valence-corrected chi connectivity index (χ2v) is 11.5. The Kier molecular flexibility index (Phi) is 10.5. The van der Waals surface area contributed by atoms with Gasteiger partial charge in [-0.3, -0.25) is 14.4 Å². The summed E-state index contributed by atoms with van der Waals surface area (Å²) in [7, 11) is -2.15. The summed E-state index contributed by atoms with van der Waals surface area (Å²) in [6.45, 7) is 9.92. The molecular formula is C25H39ClN6O5S. The SMILES string of the molecule is CCCOc1ccc(S(=O)(=O)NC(C)(C)N2CCCC2)cc1-c1nc2c(CCC)nn(C)c2c(=O)[nH]1.Cl.O. The Morgan fingerprint density at radius 2 is 1.84 bits per heavy atom. The molecule has 1 fully saturated rings. The number of aromatic nitrogens is 4. The fourth-order valence-electron chi connectivity index (χ4n) is 4.71. The van der Waals surface area contributed by atoms with E-state index < -0.39 is 15.7 Å². The van der Waals surface area contributed by atoms with Gasteiger partial charge in [0.05, 0.1) is 28.4 Å². The van der Waals surface area contributed by atoms with Gasteiger partial charge in [0, 0.05) is 7.05 Å². The molecule has 11 nitrogen and oxygen atoms in total. The number of nitrogens with one attached hydrogen (secondary N) is 2. The van der Waals surface area contributed by atoms with Crippen molar-refractivity contribution in [2.24, 2.45) is 7.05 Å². The summed E-state index contributed by atoms with van der Waals surface area (Å²) < 4.78 is 37.2. The maximum atomic E-state index is 13.5. The standard InChI is InChI=1S/C25H36N6O4S.ClH.H2O/c1-6-10-19-21-22(30(5)28-19)24(32)27-23(26-21)18-16-17(11-12-20(18)35-15-7-2)36(33,34)29-25(3,4)31-13-8-9-14-31;;/h11-12,16,29H,6-10,13-15H2,1-5H3,(H,26,27,32);1H;1H2. The van der Waals surface area contributed by atoms with E-state index in [0.29, 0.717) is 35.4 Å². The average Bonchev–Trinajstić information content (AvgIpc) is 3.47. The van der Waals surface area contributed by atoms with Crippen LogP contribution in [0, 0.1) is 0 Å². The van der Waals surface area contributed by atoms with E-state index in [1.54, 1.807) is 13.1 Å². The molecule has 0 amide bonds. The minimum absolute atomic E-state index is 0. The monoisotopic (exact) mass is 570 g/mol. The number of aromatic amines is 1. The molecule has 38 heavy (non-hydrogen) atoms. The summed E-state index contributed by atoms with van der Waals surface area (Å²) in [4.78, 5) is 22.8. The van der Waals surface area contributed by atoms with Crippen molar-refractivity contribution in [3.63, 3.8) is 0 Å². The first kappa shape index (κ1) is 31.7. The zero-order valence-electron chi connectivity index (χ0n) is 22.6. The van der Waals surface area contributed by atoms with Crippen LogP contribution in [-0.4, -0.2) is 63.9 Å². The molecule has 3 aromatic rings. The smallest absolute Gasteiger partial charge is 0.277 e. The molecule has 0 aliphatic carbocycles. The molecule has 0 spiro atoms. The first-order chi connectivity index (χ1) is 17.1. The summed E-state index contributed by atoms with van der Waals surface area (Å²) >= 11 is 0. The second kappa shape index (κ2) is 12.6. The maximum Gasteiger partial charge on any atom is 0.277 e. The number of nitrogens with zero attached hydrogens (tertiary/aromatic N) is 4. The highest BCUT2D eigenvalue weighted by Crippen LogP contribution is 2.32. The largest absolute Gasteiger partial charge is 0.493 e. The maximum absolute atomic E-state index is 13.5. The number of hydrogen-bond donors (Lipinski definition) is 2. The van der Waals surface area contributed by atoms with Crippen LogP contribution in [0.2, 0.25) is 0 Å². The van der Waals surface area contributed by atoms with Gasteiger partial charge in [-0.2, -0.15) is 9.82 Å². The Bertz CT molecular complexity index is 1410. The minimum Gasteiger partial charge on any atom is -0.493 e. The number of fused-ring (bicyclic) bond motifs is 1. The van der Waals surface area contributed by atoms with Gasteiger partial charge in [0.25, 0.3) is 5.56 Å². The lowest BCUT2D eigenvalue weighted by Crippen LogP contribution is -2.55. The molecule has 1 saturated heterocycles. The number of rotatable bonds is 10. The first-order valence-corrected chi connectivity index (χ1v) is 14.1. The van der Waals surface area contributed by atoms with E-state index in [1.807, 2.05) is 27.7 Å². The summed E-state index contributed by atoms with van der Waals surface area (Å²) in [6, 6.07) is 4.68. The van der Waals surface area contributed by atoms with Gasteiger partial charge in [0.15, 0.2) is 5.52 Å². The second-order valence-electron chi connectivity index (χ2n) is 9.80. The van der Waals surface area contributed by atoms with Crippen LogP contribution >= 0.6 is 12.4 Å². The molecule has 0 unspecified atom stereocenters. The number of aryl methyl sites for hydroxylation is 2. The molecule has 0 radical (unpaired) electrons. The van der Waals surface area contributed by atoms with E-state index in [-0.39, 0.29) is 34.2 Å². The number of likely N-dealkylation sites (tertiary alicyclic amines) is 1. The molecular weight excluding hydrogens is 532 g/mol. The lowest BCUT2D eigenvalue weighted by atomic mass is 10.1. The first-order valence-electron chi connectivity index (χ1n) is 12.6. The molecule has 0 saturated carbocycles. The van der Waals surface area contributed by atoms with Crippen LogP contribution in [-0.2, 0) is 23.5 Å². The fourth-order valence-corrected chi connectivity index (χ4v) is 6.13. The topological polar surface area (TPSA) is 154 Å². The number of sulfonamides is 1. The van der Waals surface area contributed by atoms with E-state index in [1.165, 1.54) is 16.8 Å². The lowest BCUT2D eigenvalue weighted by molar-refractivity contribution is 0.143. The van der Waals surface area contributed by atoms with Crippen LogP contribution < -0.4 is 15.0 Å². The van der Waals surface area contributed by atoms with E-state index in [4.69, 9.17) is 9.72 Å². The van der Waals surface area contributed by atoms with Crippen LogP contribution in [0.3, 0.4) is 0 Å². The van der Waals surface area contributed by atoms with Crippen LogP contribution in [0.25, 0.3) is 22.4 Å². The number of hydrogen-bond acceptors (Lipinski definition) is 7. The zero-order chi connectivity index (χ0) is 26.1. The van der Waals surface area contributed by atoms with Crippen molar-refractivity contribution in [1.29, 1.82) is 0 Å². The summed E-state index contributed by atoms with van der Waals surface area (Å²) in [5, 5.41) is 4.47. The Labute approximate surface area is 229 Å². The quantitative estimate of drug-likeness (QED) is 0.380. The van der Waals surface area contributed by atoms with E-state index in [0.717, 1.165) is 44.5 Å². The van der Waals surface area contributed by atoms with Crippen LogP contribution in [0.15, 0.2) is 27.9 Å². The highest BCUT2D eigenvalue weighted by molar-refractivity contribution is 7.89. The van der Waals surface area contributed by atoms with Gasteiger partial charge in [-0.05, 0) is 70.8 Å². The highest BCUT2D eigenvalue weighted by Gasteiger charge is 2.34. The fraction of sp³-hybridized carbons (Fsp3) is 0.560. The molecule has 13 heteroatoms. The number of H-pyrrole nitrogens is 1. The molecule has 2 aromatic heterocycles. The summed E-state index contributed by atoms with van der Waals surface area (Å²) in [5.74, 6) is 0.706. The molecule has 4 rings (SSSR count). The Hall–Kier alpha value is -2.51. The molecule has 4 N–H and O–H groups in total. The predicted molar refractivity (Wildman–Crippen MR) is 150 cm³/mol. The van der Waals surface area contributed by atoms with Crippen molar-refractivity contribution in [1.82, 2.24) is 29.4 Å².